The van der Waals surface area contributed by atoms with Gasteiger partial charge in [-0.15, -0.1) is 11.3 Å². The van der Waals surface area contributed by atoms with Gasteiger partial charge in [-0.1, -0.05) is 12.1 Å². The number of pyridine rings is 1. The molecule has 1 aliphatic rings. The zero-order valence-electron chi connectivity index (χ0n) is 16.0. The van der Waals surface area contributed by atoms with E-state index >= 15 is 0 Å². The molecule has 146 valence electrons. The monoisotopic (exact) mass is 398 g/mol. The number of halogens is 1. The third-order valence-electron chi connectivity index (χ3n) is 5.20. The van der Waals surface area contributed by atoms with Crippen molar-refractivity contribution < 1.29 is 9.18 Å². The lowest BCUT2D eigenvalue weighted by Crippen LogP contribution is -2.44. The summed E-state index contributed by atoms with van der Waals surface area (Å²) in [5, 5.41) is 3.47. The summed E-state index contributed by atoms with van der Waals surface area (Å²) >= 11 is 1.32. The van der Waals surface area contributed by atoms with Crippen LogP contribution in [0, 0.1) is 12.7 Å². The predicted molar refractivity (Wildman–Crippen MR) is 112 cm³/mol. The van der Waals surface area contributed by atoms with Crippen molar-refractivity contribution in [1.82, 2.24) is 15.2 Å². The Kier molecular flexibility index (Phi) is 5.28. The van der Waals surface area contributed by atoms with E-state index in [2.05, 4.69) is 27.1 Å². The first-order valence-electron chi connectivity index (χ1n) is 9.37. The molecule has 0 aliphatic carbocycles. The molecular formula is C21H23FN4OS. The number of hydrogen-bond donors (Lipinski definition) is 1. The molecule has 3 aromatic rings. The van der Waals surface area contributed by atoms with E-state index in [1.54, 1.807) is 13.0 Å². The lowest BCUT2D eigenvalue weighted by molar-refractivity contribution is 0.0954. The molecule has 28 heavy (non-hydrogen) atoms. The number of nitrogens with one attached hydrogen (secondary N) is 1. The van der Waals surface area contributed by atoms with Crippen LogP contribution in [-0.2, 0) is 6.54 Å². The first kappa shape index (κ1) is 18.8. The Morgan fingerprint density at radius 2 is 2.00 bits per heavy atom. The van der Waals surface area contributed by atoms with Crippen molar-refractivity contribution in [2.45, 2.75) is 13.5 Å². The molecular weight excluding hydrogens is 375 g/mol. The van der Waals surface area contributed by atoms with Gasteiger partial charge in [0.05, 0.1) is 4.88 Å². The predicted octanol–water partition coefficient (Wildman–Crippen LogP) is 3.43. The van der Waals surface area contributed by atoms with Crippen molar-refractivity contribution in [2.75, 3.05) is 38.1 Å². The molecule has 0 bridgehead atoms. The lowest BCUT2D eigenvalue weighted by atomic mass is 10.1. The maximum absolute atomic E-state index is 14.0. The Bertz CT molecular complexity index is 994. The number of anilines is 1. The molecule has 7 heteroatoms. The van der Waals surface area contributed by atoms with E-state index in [9.17, 15) is 9.18 Å². The molecule has 1 saturated heterocycles. The number of benzene rings is 1. The van der Waals surface area contributed by atoms with E-state index in [0.717, 1.165) is 42.3 Å². The summed E-state index contributed by atoms with van der Waals surface area (Å²) in [6.45, 7) is 6.21. The van der Waals surface area contributed by atoms with Crippen LogP contribution in [0.25, 0.3) is 10.1 Å². The van der Waals surface area contributed by atoms with Crippen LogP contribution in [0.3, 0.4) is 0 Å². The highest BCUT2D eigenvalue weighted by Crippen LogP contribution is 2.32. The van der Waals surface area contributed by atoms with E-state index in [1.807, 2.05) is 24.4 Å². The second-order valence-electron chi connectivity index (χ2n) is 7.17. The van der Waals surface area contributed by atoms with Crippen LogP contribution in [0.4, 0.5) is 10.2 Å². The Labute approximate surface area is 167 Å². The van der Waals surface area contributed by atoms with Gasteiger partial charge in [0, 0.05) is 49.0 Å². The maximum Gasteiger partial charge on any atom is 0.261 e. The molecule has 1 N–H and O–H groups in total. The highest BCUT2D eigenvalue weighted by atomic mass is 32.1. The van der Waals surface area contributed by atoms with E-state index in [-0.39, 0.29) is 11.7 Å². The number of amides is 1. The number of rotatable bonds is 4. The number of nitrogens with zero attached hydrogens (tertiary/aromatic N) is 3. The fourth-order valence-electron chi connectivity index (χ4n) is 3.48. The summed E-state index contributed by atoms with van der Waals surface area (Å²) < 4.78 is 14.8. The number of carbonyl (C=O) groups excluding carboxylic acids is 1. The first-order valence-corrected chi connectivity index (χ1v) is 10.2. The zero-order valence-corrected chi connectivity index (χ0v) is 16.9. The van der Waals surface area contributed by atoms with Gasteiger partial charge in [-0.05, 0) is 43.3 Å². The molecule has 4 rings (SSSR count). The number of aryl methyl sites for hydroxylation is 1. The SMILES string of the molecule is Cc1c(C(=O)NCc2ccc(N3CCN(C)CC3)nc2)sc2cccc(F)c12. The third-order valence-corrected chi connectivity index (χ3v) is 6.45. The zero-order chi connectivity index (χ0) is 19.7. The second-order valence-corrected chi connectivity index (χ2v) is 8.22. The average Bonchev–Trinajstić information content (AvgIpc) is 3.05. The minimum absolute atomic E-state index is 0.179. The largest absolute Gasteiger partial charge is 0.354 e. The van der Waals surface area contributed by atoms with Gasteiger partial charge in [0.25, 0.3) is 5.91 Å². The minimum Gasteiger partial charge on any atom is -0.354 e. The number of likely N-dealkylation sites (N-methyl/N-ethyl adjacent to an activating group) is 1. The number of piperazine rings is 1. The average molecular weight is 399 g/mol. The summed E-state index contributed by atoms with van der Waals surface area (Å²) in [6.07, 6.45) is 1.81. The standard InChI is InChI=1S/C21H23FN4OS/c1-14-19-16(22)4-3-5-17(19)28-20(14)21(27)24-13-15-6-7-18(23-12-15)26-10-8-25(2)9-11-26/h3-7,12H,8-11,13H2,1-2H3,(H,24,27). The van der Waals surface area contributed by atoms with Gasteiger partial charge in [0.1, 0.15) is 11.6 Å². The fraction of sp³-hybridized carbons (Fsp3) is 0.333. The molecule has 0 unspecified atom stereocenters. The number of fused-ring (bicyclic) bond motifs is 1. The van der Waals surface area contributed by atoms with E-state index < -0.39 is 0 Å². The molecule has 1 aromatic carbocycles. The summed E-state index contributed by atoms with van der Waals surface area (Å²) in [5.74, 6) is 0.509. The lowest BCUT2D eigenvalue weighted by Gasteiger charge is -2.33. The summed E-state index contributed by atoms with van der Waals surface area (Å²) in [6, 6.07) is 8.94. The quantitative estimate of drug-likeness (QED) is 0.732. The Morgan fingerprint density at radius 1 is 1.21 bits per heavy atom. The maximum atomic E-state index is 14.0. The van der Waals surface area contributed by atoms with Gasteiger partial charge in [-0.3, -0.25) is 4.79 Å². The highest BCUT2D eigenvalue weighted by Gasteiger charge is 2.18. The topological polar surface area (TPSA) is 48.5 Å². The van der Waals surface area contributed by atoms with Crippen LogP contribution < -0.4 is 10.2 Å². The van der Waals surface area contributed by atoms with Gasteiger partial charge in [-0.2, -0.15) is 0 Å². The van der Waals surface area contributed by atoms with E-state index in [1.165, 1.54) is 17.4 Å². The van der Waals surface area contributed by atoms with Gasteiger partial charge in [0.15, 0.2) is 0 Å². The Balaban J connectivity index is 1.41. The highest BCUT2D eigenvalue weighted by molar-refractivity contribution is 7.21. The number of aromatic nitrogens is 1. The molecule has 1 aliphatic heterocycles. The van der Waals surface area contributed by atoms with Crippen molar-refractivity contribution in [3.05, 3.63) is 58.3 Å². The van der Waals surface area contributed by atoms with Crippen molar-refractivity contribution in [3.63, 3.8) is 0 Å². The molecule has 0 radical (unpaired) electrons. The molecule has 2 aromatic heterocycles. The summed E-state index contributed by atoms with van der Waals surface area (Å²) in [7, 11) is 2.13. The van der Waals surface area contributed by atoms with Crippen LogP contribution >= 0.6 is 11.3 Å². The Morgan fingerprint density at radius 3 is 2.68 bits per heavy atom. The van der Waals surface area contributed by atoms with Crippen LogP contribution in [-0.4, -0.2) is 49.0 Å². The molecule has 0 saturated carbocycles. The van der Waals surface area contributed by atoms with E-state index in [4.69, 9.17) is 0 Å². The summed E-state index contributed by atoms with van der Waals surface area (Å²) in [5.41, 5.74) is 1.63. The normalized spacial score (nSPS) is 15.2. The number of carbonyl (C=O) groups is 1. The molecule has 0 spiro atoms. The van der Waals surface area contributed by atoms with Gasteiger partial charge < -0.3 is 15.1 Å². The second kappa shape index (κ2) is 7.85. The molecule has 3 heterocycles. The Hall–Kier alpha value is -2.51. The summed E-state index contributed by atoms with van der Waals surface area (Å²) in [4.78, 5) is 22.3. The smallest absolute Gasteiger partial charge is 0.261 e. The minimum atomic E-state index is -0.283. The van der Waals surface area contributed by atoms with Gasteiger partial charge in [0.2, 0.25) is 0 Å². The number of thiophene rings is 1. The van der Waals surface area contributed by atoms with Crippen molar-refractivity contribution in [2.24, 2.45) is 0 Å². The van der Waals surface area contributed by atoms with Crippen molar-refractivity contribution in [1.29, 1.82) is 0 Å². The van der Waals surface area contributed by atoms with Crippen LogP contribution in [0.15, 0.2) is 36.5 Å². The van der Waals surface area contributed by atoms with Crippen molar-refractivity contribution in [3.8, 4) is 0 Å². The first-order chi connectivity index (χ1) is 13.5. The molecule has 1 amide bonds. The molecule has 0 atom stereocenters. The molecule has 1 fully saturated rings. The van der Waals surface area contributed by atoms with Gasteiger partial charge >= 0.3 is 0 Å². The number of hydrogen-bond acceptors (Lipinski definition) is 5. The van der Waals surface area contributed by atoms with E-state index in [0.29, 0.717) is 22.4 Å². The molecule has 5 nitrogen and oxygen atoms in total. The van der Waals surface area contributed by atoms with Gasteiger partial charge in [-0.25, -0.2) is 9.37 Å². The van der Waals surface area contributed by atoms with Crippen LogP contribution in [0.1, 0.15) is 20.8 Å². The third kappa shape index (κ3) is 3.72. The fourth-order valence-corrected chi connectivity index (χ4v) is 4.62. The van der Waals surface area contributed by atoms with Crippen molar-refractivity contribution >= 4 is 33.1 Å². The van der Waals surface area contributed by atoms with Crippen LogP contribution in [0.2, 0.25) is 0 Å². The van der Waals surface area contributed by atoms with Crippen LogP contribution in [0.5, 0.6) is 0 Å².